The zero-order valence-corrected chi connectivity index (χ0v) is 12.9. The van der Waals surface area contributed by atoms with Crippen LogP contribution in [-0.4, -0.2) is 39.3 Å². The summed E-state index contributed by atoms with van der Waals surface area (Å²) in [6.45, 7) is 1.01. The largest absolute Gasteiger partial charge is 0.464 e. The number of anilines is 1. The lowest BCUT2D eigenvalue weighted by Crippen LogP contribution is -2.37. The van der Waals surface area contributed by atoms with Gasteiger partial charge in [-0.2, -0.15) is 0 Å². The highest BCUT2D eigenvalue weighted by Gasteiger charge is 2.36. The molecule has 23 heavy (non-hydrogen) atoms. The first-order valence-corrected chi connectivity index (χ1v) is 7.26. The Hall–Kier alpha value is -2.43. The normalized spacial score (nSPS) is 18.9. The molecule has 0 amide bonds. The van der Waals surface area contributed by atoms with E-state index in [9.17, 15) is 14.0 Å². The van der Waals surface area contributed by atoms with Crippen molar-refractivity contribution in [2.45, 2.75) is 12.3 Å². The number of nitrogens with zero attached hydrogens (tertiary/aromatic N) is 1. The summed E-state index contributed by atoms with van der Waals surface area (Å²) in [4.78, 5) is 25.1. The first-order valence-electron chi connectivity index (χ1n) is 7.26. The van der Waals surface area contributed by atoms with Gasteiger partial charge in [0.1, 0.15) is 17.5 Å². The van der Waals surface area contributed by atoms with Gasteiger partial charge in [0.2, 0.25) is 0 Å². The number of esters is 1. The van der Waals surface area contributed by atoms with Crippen molar-refractivity contribution in [3.05, 3.63) is 40.8 Å². The molecule has 120 valence electrons. The Labute approximate surface area is 133 Å². The molecule has 2 aliphatic heterocycles. The average Bonchev–Trinajstić information content (AvgIpc) is 2.56. The van der Waals surface area contributed by atoms with Crippen LogP contribution in [0.25, 0.3) is 5.57 Å². The summed E-state index contributed by atoms with van der Waals surface area (Å²) in [6, 6.07) is 2.74. The smallest absolute Gasteiger partial charge is 0.354 e. The zero-order chi connectivity index (χ0) is 16.6. The summed E-state index contributed by atoms with van der Waals surface area (Å²) < 4.78 is 24.0. The molecule has 0 saturated carbocycles. The number of ether oxygens (including phenoxy) is 2. The van der Waals surface area contributed by atoms with Gasteiger partial charge in [-0.1, -0.05) is 0 Å². The number of rotatable bonds is 3. The molecular formula is C17H16FNO4. The Kier molecular flexibility index (Phi) is 4.03. The highest BCUT2D eigenvalue weighted by atomic mass is 19.1. The topological polar surface area (TPSA) is 55.8 Å². The molecule has 1 aromatic carbocycles. The molecule has 6 heteroatoms. The quantitative estimate of drug-likeness (QED) is 0.631. The third-order valence-electron chi connectivity index (χ3n) is 4.25. The lowest BCUT2D eigenvalue weighted by atomic mass is 9.84. The number of hydrogen-bond donors (Lipinski definition) is 0. The van der Waals surface area contributed by atoms with E-state index in [0.29, 0.717) is 30.8 Å². The van der Waals surface area contributed by atoms with E-state index in [4.69, 9.17) is 9.47 Å². The first kappa shape index (κ1) is 15.5. The van der Waals surface area contributed by atoms with Crippen molar-refractivity contribution in [3.8, 4) is 0 Å². The monoisotopic (exact) mass is 317 g/mol. The van der Waals surface area contributed by atoms with Crippen LogP contribution in [0.1, 0.15) is 23.5 Å². The molecule has 0 fully saturated rings. The van der Waals surface area contributed by atoms with E-state index in [-0.39, 0.29) is 17.2 Å². The fourth-order valence-corrected chi connectivity index (χ4v) is 3.26. The number of allylic oxidation sites excluding steroid dienone is 2. The summed E-state index contributed by atoms with van der Waals surface area (Å²) in [5.41, 5.74) is 2.26. The maximum absolute atomic E-state index is 14.0. The molecule has 1 unspecified atom stereocenters. The van der Waals surface area contributed by atoms with Gasteiger partial charge in [-0.25, -0.2) is 14.0 Å². The first-order chi connectivity index (χ1) is 11.1. The molecule has 3 rings (SSSR count). The predicted octanol–water partition coefficient (Wildman–Crippen LogP) is 2.05. The van der Waals surface area contributed by atoms with Crippen LogP contribution in [0.2, 0.25) is 0 Å². The van der Waals surface area contributed by atoms with Crippen LogP contribution in [0.4, 0.5) is 10.1 Å². The van der Waals surface area contributed by atoms with E-state index in [1.54, 1.807) is 18.0 Å². The third-order valence-corrected chi connectivity index (χ3v) is 4.25. The molecular weight excluding hydrogens is 301 g/mol. The molecule has 5 nitrogen and oxygen atoms in total. The SMILES string of the molecule is COCC1CCN2C(C(=O)OC)=CC(=C=O)c3cc(F)cc1c32. The number of carbonyl (C=O) groups excluding carboxylic acids is 2. The maximum atomic E-state index is 14.0. The number of hydrogen-bond acceptors (Lipinski definition) is 5. The lowest BCUT2D eigenvalue weighted by molar-refractivity contribution is -0.136. The predicted molar refractivity (Wildman–Crippen MR) is 82.2 cm³/mol. The molecule has 0 spiro atoms. The van der Waals surface area contributed by atoms with E-state index in [0.717, 1.165) is 5.56 Å². The summed E-state index contributed by atoms with van der Waals surface area (Å²) >= 11 is 0. The van der Waals surface area contributed by atoms with E-state index in [2.05, 4.69) is 0 Å². The van der Waals surface area contributed by atoms with Gasteiger partial charge in [-0.05, 0) is 30.2 Å². The van der Waals surface area contributed by atoms with Crippen molar-refractivity contribution in [1.29, 1.82) is 0 Å². The van der Waals surface area contributed by atoms with Gasteiger partial charge in [0.15, 0.2) is 0 Å². The lowest BCUT2D eigenvalue weighted by Gasteiger charge is -2.39. The highest BCUT2D eigenvalue weighted by Crippen LogP contribution is 2.45. The number of carbonyl (C=O) groups is 1. The van der Waals surface area contributed by atoms with Crippen LogP contribution in [-0.2, 0) is 19.1 Å². The summed E-state index contributed by atoms with van der Waals surface area (Å²) in [5, 5.41) is 0. The third kappa shape index (κ3) is 2.46. The van der Waals surface area contributed by atoms with Gasteiger partial charge in [-0.15, -0.1) is 0 Å². The molecule has 0 radical (unpaired) electrons. The molecule has 0 saturated heterocycles. The van der Waals surface area contributed by atoms with Crippen molar-refractivity contribution in [1.82, 2.24) is 0 Å². The standard InChI is InChI=1S/C17H16FNO4/c1-22-9-10-3-4-19-15(17(21)23-2)5-11(8-20)14-7-12(18)6-13(10)16(14)19/h5-7,10H,3-4,9H2,1-2H3. The van der Waals surface area contributed by atoms with Gasteiger partial charge in [0.05, 0.1) is 25.0 Å². The van der Waals surface area contributed by atoms with Crippen molar-refractivity contribution >= 4 is 23.2 Å². The van der Waals surface area contributed by atoms with Crippen molar-refractivity contribution in [2.24, 2.45) is 0 Å². The summed E-state index contributed by atoms with van der Waals surface area (Å²) in [5.74, 6) is 0.838. The Morgan fingerprint density at radius 3 is 2.87 bits per heavy atom. The number of methoxy groups -OCH3 is 2. The molecule has 0 aromatic heterocycles. The maximum Gasteiger partial charge on any atom is 0.354 e. The van der Waals surface area contributed by atoms with Crippen LogP contribution < -0.4 is 4.90 Å². The van der Waals surface area contributed by atoms with E-state index >= 15 is 0 Å². The minimum atomic E-state index is -0.538. The molecule has 0 bridgehead atoms. The highest BCUT2D eigenvalue weighted by molar-refractivity contribution is 6.07. The Morgan fingerprint density at radius 1 is 1.43 bits per heavy atom. The minimum Gasteiger partial charge on any atom is -0.464 e. The van der Waals surface area contributed by atoms with Crippen molar-refractivity contribution in [3.63, 3.8) is 0 Å². The Morgan fingerprint density at radius 2 is 2.22 bits per heavy atom. The van der Waals surface area contributed by atoms with Gasteiger partial charge in [0.25, 0.3) is 0 Å². The van der Waals surface area contributed by atoms with Gasteiger partial charge >= 0.3 is 5.97 Å². The zero-order valence-electron chi connectivity index (χ0n) is 12.9. The van der Waals surface area contributed by atoms with E-state index in [1.807, 2.05) is 0 Å². The molecule has 2 aliphatic rings. The molecule has 1 aromatic rings. The van der Waals surface area contributed by atoms with Crippen LogP contribution in [0, 0.1) is 5.82 Å². The second-order valence-electron chi connectivity index (χ2n) is 5.52. The van der Waals surface area contributed by atoms with Crippen molar-refractivity contribution < 1.29 is 23.5 Å². The van der Waals surface area contributed by atoms with Crippen LogP contribution in [0.3, 0.4) is 0 Å². The van der Waals surface area contributed by atoms with Gasteiger partial charge < -0.3 is 14.4 Å². The summed E-state index contributed by atoms with van der Waals surface area (Å²) in [7, 11) is 2.88. The van der Waals surface area contributed by atoms with E-state index < -0.39 is 11.8 Å². The minimum absolute atomic E-state index is 0.00518. The Bertz CT molecular complexity index is 749. The van der Waals surface area contributed by atoms with Gasteiger partial charge in [-0.3, -0.25) is 0 Å². The number of benzene rings is 1. The molecule has 0 N–H and O–H groups in total. The summed E-state index contributed by atoms with van der Waals surface area (Å²) in [6.07, 6.45) is 2.11. The fourth-order valence-electron chi connectivity index (χ4n) is 3.26. The molecule has 0 aliphatic carbocycles. The van der Waals surface area contributed by atoms with Crippen LogP contribution in [0.5, 0.6) is 0 Å². The van der Waals surface area contributed by atoms with Crippen LogP contribution in [0.15, 0.2) is 23.9 Å². The van der Waals surface area contributed by atoms with E-state index in [1.165, 1.54) is 25.3 Å². The average molecular weight is 317 g/mol. The molecule has 2 heterocycles. The van der Waals surface area contributed by atoms with Crippen molar-refractivity contribution in [2.75, 3.05) is 32.3 Å². The Balaban J connectivity index is 2.23. The van der Waals surface area contributed by atoms with Gasteiger partial charge in [0, 0.05) is 25.1 Å². The molecule has 1 atom stereocenters. The number of halogens is 1. The van der Waals surface area contributed by atoms with Crippen LogP contribution >= 0.6 is 0 Å². The second kappa shape index (κ2) is 5.99. The fraction of sp³-hybridized carbons (Fsp3) is 0.353. The second-order valence-corrected chi connectivity index (χ2v) is 5.52.